The molecule has 0 radical (unpaired) electrons. The molecule has 0 fully saturated rings. The van der Waals surface area contributed by atoms with Crippen molar-refractivity contribution in [2.45, 2.75) is 20.4 Å². The Bertz CT molecular complexity index is 1380. The summed E-state index contributed by atoms with van der Waals surface area (Å²) in [6.45, 7) is 3.92. The molecule has 0 aliphatic heterocycles. The Hall–Kier alpha value is -3.68. The lowest BCUT2D eigenvalue weighted by molar-refractivity contribution is 0.419. The van der Waals surface area contributed by atoms with E-state index in [4.69, 9.17) is 4.74 Å². The number of aromatic nitrogens is 4. The summed E-state index contributed by atoms with van der Waals surface area (Å²) in [5, 5.41) is 0. The van der Waals surface area contributed by atoms with Crippen LogP contribution in [0.25, 0.3) is 11.2 Å². The molecule has 30 heavy (non-hydrogen) atoms. The number of ether oxygens (including phenoxy) is 1. The van der Waals surface area contributed by atoms with E-state index in [2.05, 4.69) is 4.98 Å². The van der Waals surface area contributed by atoms with Crippen molar-refractivity contribution in [1.29, 1.82) is 0 Å². The first kappa shape index (κ1) is 19.6. The zero-order valence-corrected chi connectivity index (χ0v) is 17.1. The van der Waals surface area contributed by atoms with Gasteiger partial charge in [0.05, 0.1) is 6.54 Å². The third-order valence-corrected chi connectivity index (χ3v) is 5.00. The fourth-order valence-corrected chi connectivity index (χ4v) is 3.55. The highest BCUT2D eigenvalue weighted by Crippen LogP contribution is 2.27. The molecule has 8 heteroatoms. The molecule has 2 aromatic heterocycles. The van der Waals surface area contributed by atoms with Crippen molar-refractivity contribution >= 4 is 11.2 Å². The predicted molar refractivity (Wildman–Crippen MR) is 112 cm³/mol. The second-order valence-corrected chi connectivity index (χ2v) is 7.38. The largest absolute Gasteiger partial charge is 0.425 e. The smallest absolute Gasteiger partial charge is 0.332 e. The Labute approximate surface area is 171 Å². The molecular formula is C22H21FN4O3. The third-order valence-electron chi connectivity index (χ3n) is 5.00. The van der Waals surface area contributed by atoms with Crippen molar-refractivity contribution in [1.82, 2.24) is 18.7 Å². The lowest BCUT2D eigenvalue weighted by Crippen LogP contribution is -2.37. The van der Waals surface area contributed by atoms with Gasteiger partial charge in [-0.25, -0.2) is 9.18 Å². The van der Waals surface area contributed by atoms with Gasteiger partial charge >= 0.3 is 11.7 Å². The Morgan fingerprint density at radius 3 is 2.33 bits per heavy atom. The van der Waals surface area contributed by atoms with E-state index in [-0.39, 0.29) is 23.7 Å². The Balaban J connectivity index is 1.97. The summed E-state index contributed by atoms with van der Waals surface area (Å²) in [5.74, 6) is 0.137. The van der Waals surface area contributed by atoms with Crippen LogP contribution in [0.3, 0.4) is 0 Å². The molecule has 0 aliphatic carbocycles. The number of nitrogens with zero attached hydrogens (tertiary/aromatic N) is 4. The molecule has 4 rings (SSSR count). The van der Waals surface area contributed by atoms with Crippen LogP contribution < -0.4 is 16.0 Å². The summed E-state index contributed by atoms with van der Waals surface area (Å²) >= 11 is 0. The summed E-state index contributed by atoms with van der Waals surface area (Å²) in [7, 11) is 2.93. The first-order chi connectivity index (χ1) is 14.3. The van der Waals surface area contributed by atoms with Crippen LogP contribution in [0.1, 0.15) is 16.7 Å². The van der Waals surface area contributed by atoms with Crippen molar-refractivity contribution in [2.24, 2.45) is 14.1 Å². The molecule has 0 atom stereocenters. The van der Waals surface area contributed by atoms with Gasteiger partial charge in [0, 0.05) is 19.7 Å². The maximum absolute atomic E-state index is 14.4. The van der Waals surface area contributed by atoms with Gasteiger partial charge in [0.2, 0.25) is 0 Å². The standard InChI is InChI=1S/C22H21FN4O3/c1-13-9-14(2)11-16(10-13)30-21-24-19-18(20(28)26(4)22(29)25(19)3)27(21)12-15-7-5-6-8-17(15)23/h5-11H,12H2,1-4H3. The normalized spacial score (nSPS) is 11.2. The predicted octanol–water partition coefficient (Wildman–Crippen LogP) is 3.03. The molecule has 7 nitrogen and oxygen atoms in total. The van der Waals surface area contributed by atoms with E-state index < -0.39 is 17.1 Å². The van der Waals surface area contributed by atoms with E-state index in [1.54, 1.807) is 18.2 Å². The van der Waals surface area contributed by atoms with Crippen molar-refractivity contribution in [3.8, 4) is 11.8 Å². The number of fused-ring (bicyclic) bond motifs is 1. The molecule has 0 aliphatic rings. The number of hydrogen-bond acceptors (Lipinski definition) is 4. The Kier molecular flexibility index (Phi) is 4.77. The highest BCUT2D eigenvalue weighted by atomic mass is 19.1. The molecule has 0 saturated heterocycles. The van der Waals surface area contributed by atoms with Gasteiger partial charge < -0.3 is 4.74 Å². The van der Waals surface area contributed by atoms with E-state index in [1.165, 1.54) is 29.3 Å². The van der Waals surface area contributed by atoms with Crippen molar-refractivity contribution in [2.75, 3.05) is 0 Å². The first-order valence-corrected chi connectivity index (χ1v) is 9.42. The highest BCUT2D eigenvalue weighted by Gasteiger charge is 2.21. The molecule has 0 spiro atoms. The Morgan fingerprint density at radius 1 is 1.00 bits per heavy atom. The maximum atomic E-state index is 14.4. The third kappa shape index (κ3) is 3.30. The lowest BCUT2D eigenvalue weighted by Gasteiger charge is -2.11. The second kappa shape index (κ2) is 7.29. The van der Waals surface area contributed by atoms with Crippen molar-refractivity contribution in [3.63, 3.8) is 0 Å². The number of rotatable bonds is 4. The molecule has 0 bridgehead atoms. The fourth-order valence-electron chi connectivity index (χ4n) is 3.55. The molecule has 2 aromatic carbocycles. The molecule has 154 valence electrons. The number of benzene rings is 2. The summed E-state index contributed by atoms with van der Waals surface area (Å²) in [4.78, 5) is 29.7. The van der Waals surface area contributed by atoms with Crippen LogP contribution in [0.15, 0.2) is 52.1 Å². The topological polar surface area (TPSA) is 71.1 Å². The van der Waals surface area contributed by atoms with Crippen LogP contribution in [-0.2, 0) is 20.6 Å². The molecular weight excluding hydrogens is 387 g/mol. The quantitative estimate of drug-likeness (QED) is 0.520. The van der Waals surface area contributed by atoms with E-state index in [9.17, 15) is 14.0 Å². The molecule has 0 N–H and O–H groups in total. The van der Waals surface area contributed by atoms with E-state index in [0.717, 1.165) is 15.7 Å². The van der Waals surface area contributed by atoms with E-state index in [1.807, 2.05) is 32.0 Å². The minimum Gasteiger partial charge on any atom is -0.425 e. The van der Waals surface area contributed by atoms with Crippen LogP contribution in [-0.4, -0.2) is 18.7 Å². The maximum Gasteiger partial charge on any atom is 0.332 e. The molecule has 0 amide bonds. The monoisotopic (exact) mass is 408 g/mol. The molecule has 0 unspecified atom stereocenters. The lowest BCUT2D eigenvalue weighted by atomic mass is 10.1. The molecule has 2 heterocycles. The SMILES string of the molecule is Cc1cc(C)cc(Oc2nc3c(c(=O)n(C)c(=O)n3C)n2Cc2ccccc2F)c1. The Morgan fingerprint density at radius 2 is 1.67 bits per heavy atom. The number of aryl methyl sites for hydroxylation is 3. The number of imidazole rings is 1. The number of halogens is 1. The fraction of sp³-hybridized carbons (Fsp3) is 0.227. The summed E-state index contributed by atoms with van der Waals surface area (Å²) in [6.07, 6.45) is 0. The van der Waals surface area contributed by atoms with Gasteiger partial charge in [0.15, 0.2) is 11.2 Å². The van der Waals surface area contributed by atoms with Crippen LogP contribution in [0.2, 0.25) is 0 Å². The van der Waals surface area contributed by atoms with E-state index in [0.29, 0.717) is 11.3 Å². The van der Waals surface area contributed by atoms with Gasteiger partial charge in [0.1, 0.15) is 11.6 Å². The van der Waals surface area contributed by atoms with Crippen LogP contribution >= 0.6 is 0 Å². The van der Waals surface area contributed by atoms with Crippen LogP contribution in [0.4, 0.5) is 4.39 Å². The summed E-state index contributed by atoms with van der Waals surface area (Å²) < 4.78 is 24.2. The van der Waals surface area contributed by atoms with Crippen LogP contribution in [0, 0.1) is 19.7 Å². The highest BCUT2D eigenvalue weighted by molar-refractivity contribution is 5.72. The zero-order chi connectivity index (χ0) is 21.6. The van der Waals surface area contributed by atoms with Gasteiger partial charge in [-0.2, -0.15) is 4.98 Å². The van der Waals surface area contributed by atoms with Gasteiger partial charge in [-0.1, -0.05) is 24.3 Å². The molecule has 0 saturated carbocycles. The molecule has 4 aromatic rings. The van der Waals surface area contributed by atoms with E-state index >= 15 is 0 Å². The summed E-state index contributed by atoms with van der Waals surface area (Å²) in [6, 6.07) is 12.1. The minimum absolute atomic E-state index is 0.0246. The summed E-state index contributed by atoms with van der Waals surface area (Å²) in [5.41, 5.74) is 1.71. The average molecular weight is 408 g/mol. The van der Waals surface area contributed by atoms with Gasteiger partial charge in [0.25, 0.3) is 5.56 Å². The zero-order valence-electron chi connectivity index (χ0n) is 17.1. The minimum atomic E-state index is -0.521. The van der Waals surface area contributed by atoms with Gasteiger partial charge in [-0.05, 0) is 43.2 Å². The van der Waals surface area contributed by atoms with Crippen molar-refractivity contribution < 1.29 is 9.13 Å². The van der Waals surface area contributed by atoms with Gasteiger partial charge in [-0.15, -0.1) is 0 Å². The van der Waals surface area contributed by atoms with Crippen molar-refractivity contribution in [3.05, 3.63) is 85.8 Å². The number of hydrogen-bond donors (Lipinski definition) is 0. The first-order valence-electron chi connectivity index (χ1n) is 9.42. The second-order valence-electron chi connectivity index (χ2n) is 7.38. The van der Waals surface area contributed by atoms with Gasteiger partial charge in [-0.3, -0.25) is 18.5 Å². The average Bonchev–Trinajstić information content (AvgIpc) is 3.04. The van der Waals surface area contributed by atoms with Crippen LogP contribution in [0.5, 0.6) is 11.8 Å².